The van der Waals surface area contributed by atoms with Crippen molar-refractivity contribution < 1.29 is 18.4 Å². The Hall–Kier alpha value is -2.47. The number of hydrogen-bond donors (Lipinski definition) is 1. The molecule has 0 heterocycles. The van der Waals surface area contributed by atoms with E-state index in [9.17, 15) is 18.4 Å². The number of halogens is 3. The van der Waals surface area contributed by atoms with Gasteiger partial charge in [0, 0.05) is 17.1 Å². The van der Waals surface area contributed by atoms with Crippen LogP contribution in [0, 0.1) is 11.6 Å². The Balaban J connectivity index is 2.08. The van der Waals surface area contributed by atoms with Crippen LogP contribution in [0.1, 0.15) is 17.3 Å². The molecular formula is C17H15ClF2N2O2. The fraction of sp³-hybridized carbons (Fsp3) is 0.176. The summed E-state index contributed by atoms with van der Waals surface area (Å²) in [5, 5.41) is 2.64. The normalized spacial score (nSPS) is 10.3. The van der Waals surface area contributed by atoms with Crippen molar-refractivity contribution in [3.05, 3.63) is 64.7 Å². The first-order chi connectivity index (χ1) is 11.4. The maximum Gasteiger partial charge on any atom is 0.254 e. The summed E-state index contributed by atoms with van der Waals surface area (Å²) in [6.45, 7) is 1.63. The zero-order valence-corrected chi connectivity index (χ0v) is 13.6. The van der Waals surface area contributed by atoms with Gasteiger partial charge in [0.2, 0.25) is 5.91 Å². The maximum absolute atomic E-state index is 13.5. The van der Waals surface area contributed by atoms with Crippen molar-refractivity contribution >= 4 is 29.1 Å². The largest absolute Gasteiger partial charge is 0.330 e. The molecule has 2 aromatic carbocycles. The Morgan fingerprint density at radius 2 is 1.67 bits per heavy atom. The lowest BCUT2D eigenvalue weighted by molar-refractivity contribution is -0.116. The van der Waals surface area contributed by atoms with Crippen LogP contribution in [0.15, 0.2) is 42.5 Å². The number of likely N-dealkylation sites (N-methyl/N-ethyl adjacent to an activating group) is 1. The van der Waals surface area contributed by atoms with E-state index in [4.69, 9.17) is 11.6 Å². The molecule has 1 N–H and O–H groups in total. The van der Waals surface area contributed by atoms with E-state index in [0.29, 0.717) is 10.6 Å². The molecule has 0 spiro atoms. The first kappa shape index (κ1) is 17.9. The first-order valence-corrected chi connectivity index (χ1v) is 7.59. The molecule has 0 aliphatic rings. The molecule has 2 rings (SSSR count). The van der Waals surface area contributed by atoms with Gasteiger partial charge < -0.3 is 10.2 Å². The number of rotatable bonds is 5. The third-order valence-electron chi connectivity index (χ3n) is 3.32. The first-order valence-electron chi connectivity index (χ1n) is 7.21. The summed E-state index contributed by atoms with van der Waals surface area (Å²) in [6, 6.07) is 9.49. The average molecular weight is 353 g/mol. The average Bonchev–Trinajstić information content (AvgIpc) is 2.56. The number of amides is 2. The van der Waals surface area contributed by atoms with Gasteiger partial charge in [-0.2, -0.15) is 0 Å². The summed E-state index contributed by atoms with van der Waals surface area (Å²) in [4.78, 5) is 25.6. The molecule has 126 valence electrons. The van der Waals surface area contributed by atoms with Gasteiger partial charge >= 0.3 is 0 Å². The topological polar surface area (TPSA) is 49.4 Å². The zero-order chi connectivity index (χ0) is 17.7. The van der Waals surface area contributed by atoms with E-state index in [2.05, 4.69) is 5.32 Å². The minimum Gasteiger partial charge on any atom is -0.330 e. The van der Waals surface area contributed by atoms with Crippen molar-refractivity contribution in [1.82, 2.24) is 4.90 Å². The molecule has 4 nitrogen and oxygen atoms in total. The van der Waals surface area contributed by atoms with Crippen molar-refractivity contribution in [3.63, 3.8) is 0 Å². The van der Waals surface area contributed by atoms with E-state index in [1.165, 1.54) is 11.0 Å². The highest BCUT2D eigenvalue weighted by atomic mass is 35.5. The predicted octanol–water partition coefficient (Wildman–Crippen LogP) is 3.72. The van der Waals surface area contributed by atoms with E-state index < -0.39 is 23.2 Å². The minimum absolute atomic E-state index is 0.259. The summed E-state index contributed by atoms with van der Waals surface area (Å²) in [6.07, 6.45) is 0. The van der Waals surface area contributed by atoms with Crippen molar-refractivity contribution in [3.8, 4) is 0 Å². The fourth-order valence-electron chi connectivity index (χ4n) is 2.07. The molecule has 0 aliphatic carbocycles. The van der Waals surface area contributed by atoms with Crippen LogP contribution < -0.4 is 5.32 Å². The molecule has 2 amide bonds. The Kier molecular flexibility index (Phi) is 5.87. The molecular weight excluding hydrogens is 338 g/mol. The summed E-state index contributed by atoms with van der Waals surface area (Å²) >= 11 is 5.77. The standard InChI is InChI=1S/C17H15ClF2N2O2/c1-2-22(17(24)11-6-8-12(18)9-7-11)10-15(23)21-16-13(19)4-3-5-14(16)20/h3-9H,2,10H2,1H3,(H,21,23). The Morgan fingerprint density at radius 3 is 2.21 bits per heavy atom. The van der Waals surface area contributed by atoms with Crippen LogP contribution in [0.3, 0.4) is 0 Å². The van der Waals surface area contributed by atoms with Gasteiger partial charge in [-0.1, -0.05) is 17.7 Å². The fourth-order valence-corrected chi connectivity index (χ4v) is 2.20. The highest BCUT2D eigenvalue weighted by Crippen LogP contribution is 2.18. The van der Waals surface area contributed by atoms with Crippen LogP contribution in [-0.4, -0.2) is 29.8 Å². The molecule has 0 saturated carbocycles. The monoisotopic (exact) mass is 352 g/mol. The molecule has 0 radical (unpaired) electrons. The Labute approximate surface area is 143 Å². The van der Waals surface area contributed by atoms with Gasteiger partial charge in [-0.3, -0.25) is 9.59 Å². The number of carbonyl (C=O) groups excluding carboxylic acids is 2. The van der Waals surface area contributed by atoms with Crippen LogP contribution >= 0.6 is 11.6 Å². The summed E-state index contributed by atoms with van der Waals surface area (Å²) in [5.74, 6) is -2.83. The van der Waals surface area contributed by atoms with Gasteiger partial charge in [-0.15, -0.1) is 0 Å². The van der Waals surface area contributed by atoms with Gasteiger partial charge in [-0.25, -0.2) is 8.78 Å². The van der Waals surface area contributed by atoms with Gasteiger partial charge in [0.05, 0.1) is 0 Å². The van der Waals surface area contributed by atoms with E-state index in [-0.39, 0.29) is 19.0 Å². The van der Waals surface area contributed by atoms with E-state index in [1.807, 2.05) is 0 Å². The second-order valence-corrected chi connectivity index (χ2v) is 5.41. The van der Waals surface area contributed by atoms with Crippen LogP contribution in [-0.2, 0) is 4.79 Å². The lowest BCUT2D eigenvalue weighted by Crippen LogP contribution is -2.38. The lowest BCUT2D eigenvalue weighted by Gasteiger charge is -2.20. The third kappa shape index (κ3) is 4.29. The summed E-state index contributed by atoms with van der Waals surface area (Å²) < 4.78 is 27.1. The molecule has 0 aromatic heterocycles. The summed E-state index contributed by atoms with van der Waals surface area (Å²) in [5.41, 5.74) is -0.163. The lowest BCUT2D eigenvalue weighted by atomic mass is 10.2. The number of hydrogen-bond acceptors (Lipinski definition) is 2. The highest BCUT2D eigenvalue weighted by molar-refractivity contribution is 6.30. The molecule has 0 bridgehead atoms. The van der Waals surface area contributed by atoms with Crippen molar-refractivity contribution in [1.29, 1.82) is 0 Å². The van der Waals surface area contributed by atoms with E-state index in [1.54, 1.807) is 31.2 Å². The van der Waals surface area contributed by atoms with Crippen molar-refractivity contribution in [2.75, 3.05) is 18.4 Å². The highest BCUT2D eigenvalue weighted by Gasteiger charge is 2.19. The number of carbonyl (C=O) groups is 2. The smallest absolute Gasteiger partial charge is 0.254 e. The number of anilines is 1. The number of benzene rings is 2. The molecule has 0 fully saturated rings. The quantitative estimate of drug-likeness (QED) is 0.891. The second kappa shape index (κ2) is 7.88. The van der Waals surface area contributed by atoms with E-state index in [0.717, 1.165) is 12.1 Å². The molecule has 0 saturated heterocycles. The number of nitrogens with one attached hydrogen (secondary N) is 1. The minimum atomic E-state index is -0.879. The Morgan fingerprint density at radius 1 is 1.08 bits per heavy atom. The van der Waals surface area contributed by atoms with Crippen molar-refractivity contribution in [2.45, 2.75) is 6.92 Å². The molecule has 7 heteroatoms. The SMILES string of the molecule is CCN(CC(=O)Nc1c(F)cccc1F)C(=O)c1ccc(Cl)cc1. The molecule has 0 atom stereocenters. The predicted molar refractivity (Wildman–Crippen MR) is 88.0 cm³/mol. The molecule has 0 aliphatic heterocycles. The van der Waals surface area contributed by atoms with Gasteiger partial charge in [0.15, 0.2) is 0 Å². The number of nitrogens with zero attached hydrogens (tertiary/aromatic N) is 1. The molecule has 24 heavy (non-hydrogen) atoms. The Bertz CT molecular complexity index is 731. The molecule has 0 unspecified atom stereocenters. The van der Waals surface area contributed by atoms with Gasteiger partial charge in [-0.05, 0) is 43.3 Å². The van der Waals surface area contributed by atoms with E-state index >= 15 is 0 Å². The third-order valence-corrected chi connectivity index (χ3v) is 3.57. The van der Waals surface area contributed by atoms with Crippen LogP contribution in [0.4, 0.5) is 14.5 Å². The van der Waals surface area contributed by atoms with Crippen LogP contribution in [0.2, 0.25) is 5.02 Å². The van der Waals surface area contributed by atoms with Crippen molar-refractivity contribution in [2.24, 2.45) is 0 Å². The van der Waals surface area contributed by atoms with Gasteiger partial charge in [0.1, 0.15) is 23.9 Å². The van der Waals surface area contributed by atoms with Gasteiger partial charge in [0.25, 0.3) is 5.91 Å². The molecule has 2 aromatic rings. The van der Waals surface area contributed by atoms with Crippen LogP contribution in [0.5, 0.6) is 0 Å². The van der Waals surface area contributed by atoms with Crippen LogP contribution in [0.25, 0.3) is 0 Å². The zero-order valence-electron chi connectivity index (χ0n) is 12.9. The summed E-state index contributed by atoms with van der Waals surface area (Å²) in [7, 11) is 0. The number of para-hydroxylation sites is 1. The maximum atomic E-state index is 13.5. The second-order valence-electron chi connectivity index (χ2n) is 4.97.